The number of aromatic nitrogens is 1. The fraction of sp³-hybridized carbons (Fsp3) is 0.583. The largest absolute Gasteiger partial charge is 0.310 e. The first kappa shape index (κ1) is 9.66. The van der Waals surface area contributed by atoms with Crippen LogP contribution in [0.4, 0.5) is 0 Å². The molecule has 2 nitrogen and oxygen atoms in total. The van der Waals surface area contributed by atoms with Crippen LogP contribution in [0.1, 0.15) is 42.1 Å². The Kier molecular flexibility index (Phi) is 2.82. The zero-order chi connectivity index (χ0) is 9.97. The molecule has 2 heteroatoms. The van der Waals surface area contributed by atoms with Crippen molar-refractivity contribution in [1.29, 1.82) is 0 Å². The molecule has 0 amide bonds. The Morgan fingerprint density at radius 3 is 2.86 bits per heavy atom. The van der Waals surface area contributed by atoms with E-state index in [2.05, 4.69) is 23.3 Å². The minimum Gasteiger partial charge on any atom is -0.310 e. The Labute approximate surface area is 85.7 Å². The molecule has 1 N–H and O–H groups in total. The first-order valence-corrected chi connectivity index (χ1v) is 5.44. The summed E-state index contributed by atoms with van der Waals surface area (Å²) in [5, 5.41) is 3.56. The zero-order valence-corrected chi connectivity index (χ0v) is 9.01. The summed E-state index contributed by atoms with van der Waals surface area (Å²) in [5.74, 6) is 0. The van der Waals surface area contributed by atoms with Crippen LogP contribution in [0.25, 0.3) is 0 Å². The SMILES string of the molecule is Cc1cc(C)c(C2CCCCN2)cn1. The second-order valence-electron chi connectivity index (χ2n) is 4.18. The molecule has 0 spiro atoms. The van der Waals surface area contributed by atoms with Crippen molar-refractivity contribution in [3.63, 3.8) is 0 Å². The maximum atomic E-state index is 4.38. The summed E-state index contributed by atoms with van der Waals surface area (Å²) in [6.45, 7) is 5.38. The van der Waals surface area contributed by atoms with Crippen molar-refractivity contribution >= 4 is 0 Å². The summed E-state index contributed by atoms with van der Waals surface area (Å²) in [7, 11) is 0. The van der Waals surface area contributed by atoms with Gasteiger partial charge < -0.3 is 5.32 Å². The van der Waals surface area contributed by atoms with E-state index in [1.165, 1.54) is 30.4 Å². The van der Waals surface area contributed by atoms with Crippen LogP contribution in [-0.4, -0.2) is 11.5 Å². The highest BCUT2D eigenvalue weighted by molar-refractivity contribution is 5.28. The van der Waals surface area contributed by atoms with Gasteiger partial charge >= 0.3 is 0 Å². The first-order chi connectivity index (χ1) is 6.77. The van der Waals surface area contributed by atoms with Crippen LogP contribution in [0.15, 0.2) is 12.3 Å². The smallest absolute Gasteiger partial charge is 0.0375 e. The second-order valence-corrected chi connectivity index (χ2v) is 4.18. The maximum Gasteiger partial charge on any atom is 0.0375 e. The summed E-state index contributed by atoms with van der Waals surface area (Å²) < 4.78 is 0. The van der Waals surface area contributed by atoms with E-state index >= 15 is 0 Å². The van der Waals surface area contributed by atoms with Crippen LogP contribution in [0.2, 0.25) is 0 Å². The number of hydrogen-bond donors (Lipinski definition) is 1. The van der Waals surface area contributed by atoms with E-state index in [-0.39, 0.29) is 0 Å². The topological polar surface area (TPSA) is 24.9 Å². The average molecular weight is 190 g/mol. The van der Waals surface area contributed by atoms with Crippen molar-refractivity contribution in [3.05, 3.63) is 29.1 Å². The molecule has 0 radical (unpaired) electrons. The average Bonchev–Trinajstić information content (AvgIpc) is 2.19. The maximum absolute atomic E-state index is 4.38. The molecule has 1 aromatic rings. The van der Waals surface area contributed by atoms with Gasteiger partial charge in [0, 0.05) is 17.9 Å². The fourth-order valence-corrected chi connectivity index (χ4v) is 2.19. The van der Waals surface area contributed by atoms with Gasteiger partial charge in [-0.1, -0.05) is 6.42 Å². The van der Waals surface area contributed by atoms with Crippen LogP contribution < -0.4 is 5.32 Å². The number of hydrogen-bond acceptors (Lipinski definition) is 2. The lowest BCUT2D eigenvalue weighted by Gasteiger charge is -2.25. The lowest BCUT2D eigenvalue weighted by molar-refractivity contribution is 0.410. The van der Waals surface area contributed by atoms with Crippen LogP contribution in [0, 0.1) is 13.8 Å². The lowest BCUT2D eigenvalue weighted by Crippen LogP contribution is -2.27. The molecule has 1 saturated heterocycles. The van der Waals surface area contributed by atoms with Crippen molar-refractivity contribution in [2.24, 2.45) is 0 Å². The second kappa shape index (κ2) is 4.09. The van der Waals surface area contributed by atoms with Gasteiger partial charge in [0.25, 0.3) is 0 Å². The van der Waals surface area contributed by atoms with Gasteiger partial charge in [0.05, 0.1) is 0 Å². The number of nitrogens with one attached hydrogen (secondary N) is 1. The Balaban J connectivity index is 2.22. The zero-order valence-electron chi connectivity index (χ0n) is 9.01. The van der Waals surface area contributed by atoms with Crippen LogP contribution in [0.3, 0.4) is 0 Å². The van der Waals surface area contributed by atoms with Crippen molar-refractivity contribution in [2.45, 2.75) is 39.2 Å². The third kappa shape index (κ3) is 1.95. The molecule has 0 bridgehead atoms. The van der Waals surface area contributed by atoms with Gasteiger partial charge in [0.1, 0.15) is 0 Å². The first-order valence-electron chi connectivity index (χ1n) is 5.44. The molecule has 0 aromatic carbocycles. The predicted octanol–water partition coefficient (Wildman–Crippen LogP) is 2.51. The molecule has 0 aliphatic carbocycles. The van der Waals surface area contributed by atoms with Crippen LogP contribution in [0.5, 0.6) is 0 Å². The molecule has 1 atom stereocenters. The van der Waals surface area contributed by atoms with Gasteiger partial charge in [-0.3, -0.25) is 4.98 Å². The van der Waals surface area contributed by atoms with E-state index in [4.69, 9.17) is 0 Å². The van der Waals surface area contributed by atoms with Gasteiger partial charge in [0.15, 0.2) is 0 Å². The minimum absolute atomic E-state index is 0.539. The molecule has 1 aromatic heterocycles. The van der Waals surface area contributed by atoms with Gasteiger partial charge in [-0.05, 0) is 50.4 Å². The Morgan fingerprint density at radius 1 is 1.36 bits per heavy atom. The van der Waals surface area contributed by atoms with E-state index < -0.39 is 0 Å². The molecule has 1 unspecified atom stereocenters. The van der Waals surface area contributed by atoms with Crippen molar-refractivity contribution in [3.8, 4) is 0 Å². The standard InChI is InChI=1S/C12H18N2/c1-9-7-10(2)14-8-11(9)12-5-3-4-6-13-12/h7-8,12-13H,3-6H2,1-2H3. The summed E-state index contributed by atoms with van der Waals surface area (Å²) in [6.07, 6.45) is 5.94. The molecule has 1 fully saturated rings. The van der Waals surface area contributed by atoms with E-state index in [1.807, 2.05) is 13.1 Å². The fourth-order valence-electron chi connectivity index (χ4n) is 2.19. The van der Waals surface area contributed by atoms with E-state index in [1.54, 1.807) is 0 Å². The molecule has 76 valence electrons. The summed E-state index contributed by atoms with van der Waals surface area (Å²) in [4.78, 5) is 4.38. The monoisotopic (exact) mass is 190 g/mol. The van der Waals surface area contributed by atoms with Gasteiger partial charge in [-0.2, -0.15) is 0 Å². The Hall–Kier alpha value is -0.890. The molecular weight excluding hydrogens is 172 g/mol. The van der Waals surface area contributed by atoms with Gasteiger partial charge in [-0.25, -0.2) is 0 Å². The Morgan fingerprint density at radius 2 is 2.21 bits per heavy atom. The third-order valence-corrected chi connectivity index (χ3v) is 2.97. The normalized spacial score (nSPS) is 22.3. The number of rotatable bonds is 1. The molecule has 14 heavy (non-hydrogen) atoms. The summed E-state index contributed by atoms with van der Waals surface area (Å²) in [6, 6.07) is 2.71. The van der Waals surface area contributed by atoms with E-state index in [0.717, 1.165) is 12.2 Å². The molecule has 0 saturated carbocycles. The molecular formula is C12H18N2. The molecule has 1 aliphatic heterocycles. The summed E-state index contributed by atoms with van der Waals surface area (Å²) >= 11 is 0. The van der Waals surface area contributed by atoms with E-state index in [0.29, 0.717) is 6.04 Å². The van der Waals surface area contributed by atoms with E-state index in [9.17, 15) is 0 Å². The highest BCUT2D eigenvalue weighted by Gasteiger charge is 2.16. The number of pyridine rings is 1. The lowest BCUT2D eigenvalue weighted by atomic mass is 9.95. The summed E-state index contributed by atoms with van der Waals surface area (Å²) in [5.41, 5.74) is 3.87. The minimum atomic E-state index is 0.539. The predicted molar refractivity (Wildman–Crippen MR) is 58.3 cm³/mol. The highest BCUT2D eigenvalue weighted by atomic mass is 14.9. The quantitative estimate of drug-likeness (QED) is 0.736. The van der Waals surface area contributed by atoms with Crippen LogP contribution >= 0.6 is 0 Å². The van der Waals surface area contributed by atoms with Crippen LogP contribution in [-0.2, 0) is 0 Å². The number of nitrogens with zero attached hydrogens (tertiary/aromatic N) is 1. The Bertz CT molecular complexity index is 314. The third-order valence-electron chi connectivity index (χ3n) is 2.97. The van der Waals surface area contributed by atoms with Crippen molar-refractivity contribution in [1.82, 2.24) is 10.3 Å². The van der Waals surface area contributed by atoms with Gasteiger partial charge in [0.2, 0.25) is 0 Å². The highest BCUT2D eigenvalue weighted by Crippen LogP contribution is 2.24. The van der Waals surface area contributed by atoms with Gasteiger partial charge in [-0.15, -0.1) is 0 Å². The molecule has 2 heterocycles. The van der Waals surface area contributed by atoms with Crippen molar-refractivity contribution < 1.29 is 0 Å². The number of aryl methyl sites for hydroxylation is 2. The molecule has 2 rings (SSSR count). The van der Waals surface area contributed by atoms with Crippen molar-refractivity contribution in [2.75, 3.05) is 6.54 Å². The molecule has 1 aliphatic rings. The number of piperidine rings is 1.